The minimum absolute atomic E-state index is 0.799. The zero-order valence-electron chi connectivity index (χ0n) is 16.2. The number of nitrogens with zero attached hydrogens (tertiary/aromatic N) is 4. The Kier molecular flexibility index (Phi) is 4.35. The fourth-order valence-corrected chi connectivity index (χ4v) is 8.29. The lowest BCUT2D eigenvalue weighted by molar-refractivity contribution is 0.563. The second-order valence-corrected chi connectivity index (χ2v) is 12.1. The molecule has 0 fully saturated rings. The average molecular weight is 439 g/mol. The van der Waals surface area contributed by atoms with Gasteiger partial charge in [0.1, 0.15) is 11.9 Å². The predicted octanol–water partition coefficient (Wildman–Crippen LogP) is 4.51. The van der Waals surface area contributed by atoms with E-state index in [2.05, 4.69) is 16.1 Å². The van der Waals surface area contributed by atoms with Crippen molar-refractivity contribution in [3.63, 3.8) is 0 Å². The molecule has 0 N–H and O–H groups in total. The van der Waals surface area contributed by atoms with Crippen LogP contribution in [-0.4, -0.2) is 27.3 Å². The molecule has 146 valence electrons. The van der Waals surface area contributed by atoms with E-state index in [9.17, 15) is 0 Å². The number of aryl methyl sites for hydroxylation is 2. The number of furan rings is 1. The first kappa shape index (κ1) is 18.6. The van der Waals surface area contributed by atoms with Gasteiger partial charge in [0.25, 0.3) is 0 Å². The molecule has 1 aliphatic rings. The van der Waals surface area contributed by atoms with Crippen molar-refractivity contribution in [2.75, 3.05) is 7.05 Å². The highest BCUT2D eigenvalue weighted by atomic mass is 32.4. The van der Waals surface area contributed by atoms with Crippen LogP contribution < -0.4 is 10.8 Å². The molecule has 29 heavy (non-hydrogen) atoms. The Labute approximate surface area is 178 Å². The second-order valence-electron chi connectivity index (χ2n) is 6.90. The van der Waals surface area contributed by atoms with Gasteiger partial charge >= 0.3 is 0 Å². The van der Waals surface area contributed by atoms with Gasteiger partial charge in [-0.2, -0.15) is 5.10 Å². The van der Waals surface area contributed by atoms with Gasteiger partial charge in [-0.25, -0.2) is 9.67 Å². The van der Waals surface area contributed by atoms with E-state index in [1.165, 1.54) is 0 Å². The van der Waals surface area contributed by atoms with Gasteiger partial charge in [0.15, 0.2) is 17.2 Å². The molecule has 1 aromatic carbocycles. The highest BCUT2D eigenvalue weighted by Crippen LogP contribution is 2.54. The van der Waals surface area contributed by atoms with Crippen molar-refractivity contribution in [3.05, 3.63) is 76.3 Å². The Bertz CT molecular complexity index is 1270. The summed E-state index contributed by atoms with van der Waals surface area (Å²) >= 11 is 8.08. The molecule has 0 bridgehead atoms. The molecule has 0 radical (unpaired) electrons. The van der Waals surface area contributed by atoms with Crippen molar-refractivity contribution >= 4 is 51.8 Å². The number of hydrogen-bond acceptors (Lipinski definition) is 5. The van der Waals surface area contributed by atoms with Gasteiger partial charge in [0, 0.05) is 7.05 Å². The summed E-state index contributed by atoms with van der Waals surface area (Å²) in [7, 11) is 2.03. The first-order valence-corrected chi connectivity index (χ1v) is 12.8. The molecule has 0 saturated carbocycles. The summed E-state index contributed by atoms with van der Waals surface area (Å²) in [6, 6.07) is 18.2. The minimum Gasteiger partial charge on any atom is -0.459 e. The van der Waals surface area contributed by atoms with E-state index in [4.69, 9.17) is 26.3 Å². The SMILES string of the molecule is Cc1ccc(P2(=S)c3c(C)nn(-c4ccccc4)c3N=C(c3cccs3)N2C)o1. The Morgan fingerprint density at radius 1 is 1.03 bits per heavy atom. The minimum atomic E-state index is -2.47. The largest absolute Gasteiger partial charge is 0.459 e. The van der Waals surface area contributed by atoms with Crippen LogP contribution in [0.15, 0.2) is 69.4 Å². The van der Waals surface area contributed by atoms with Crippen LogP contribution in [0.4, 0.5) is 5.82 Å². The van der Waals surface area contributed by atoms with Crippen molar-refractivity contribution in [3.8, 4) is 5.69 Å². The second kappa shape index (κ2) is 6.80. The van der Waals surface area contributed by atoms with Crippen LogP contribution in [0.5, 0.6) is 0 Å². The molecular formula is C21H19N4OPS2. The number of rotatable bonds is 3. The van der Waals surface area contributed by atoms with Crippen LogP contribution in [0.3, 0.4) is 0 Å². The van der Waals surface area contributed by atoms with Gasteiger partial charge < -0.3 is 9.09 Å². The van der Waals surface area contributed by atoms with Gasteiger partial charge in [0.05, 0.1) is 21.6 Å². The van der Waals surface area contributed by atoms with Crippen LogP contribution in [0.25, 0.3) is 5.69 Å². The maximum Gasteiger partial charge on any atom is 0.168 e. The molecular weight excluding hydrogens is 419 g/mol. The summed E-state index contributed by atoms with van der Waals surface area (Å²) in [6.45, 7) is 3.96. The first-order chi connectivity index (χ1) is 14.0. The monoisotopic (exact) mass is 438 g/mol. The normalized spacial score (nSPS) is 18.6. The van der Waals surface area contributed by atoms with Crippen LogP contribution >= 0.6 is 17.5 Å². The predicted molar refractivity (Wildman–Crippen MR) is 124 cm³/mol. The van der Waals surface area contributed by atoms with Crippen molar-refractivity contribution in [2.24, 2.45) is 4.99 Å². The van der Waals surface area contributed by atoms with E-state index < -0.39 is 6.19 Å². The highest BCUT2D eigenvalue weighted by molar-refractivity contribution is 8.21. The molecule has 0 aliphatic carbocycles. The number of fused-ring (bicyclic) bond motifs is 1. The number of hydrogen-bond donors (Lipinski definition) is 0. The quantitative estimate of drug-likeness (QED) is 0.442. The topological polar surface area (TPSA) is 46.6 Å². The Hall–Kier alpha value is -2.47. The van der Waals surface area contributed by atoms with Gasteiger partial charge in [-0.3, -0.25) is 0 Å². The third-order valence-corrected chi connectivity index (χ3v) is 10.7. The maximum absolute atomic E-state index is 6.43. The summed E-state index contributed by atoms with van der Waals surface area (Å²) in [5, 5.41) is 7.90. The lowest BCUT2D eigenvalue weighted by Crippen LogP contribution is -2.37. The standard InChI is InChI=1S/C21H19N4OPS2/c1-14-11-12-18(26-14)27(28)19-15(2)23-25(16-8-5-4-6-9-16)21(19)22-20(24(27)3)17-10-7-13-29-17/h4-13H,1-3H3. The van der Waals surface area contributed by atoms with Gasteiger partial charge in [-0.05, 0) is 49.6 Å². The molecule has 0 spiro atoms. The van der Waals surface area contributed by atoms with Gasteiger partial charge in [0.2, 0.25) is 0 Å². The summed E-state index contributed by atoms with van der Waals surface area (Å²) in [6.07, 6.45) is -2.47. The number of thiophene rings is 1. The molecule has 1 aliphatic heterocycles. The molecule has 1 unspecified atom stereocenters. The molecule has 0 amide bonds. The molecule has 3 aromatic heterocycles. The van der Waals surface area contributed by atoms with E-state index >= 15 is 0 Å². The molecule has 4 heterocycles. The van der Waals surface area contributed by atoms with Gasteiger partial charge in [-0.15, -0.1) is 11.3 Å². The zero-order valence-corrected chi connectivity index (χ0v) is 18.8. The zero-order chi connectivity index (χ0) is 20.2. The van der Waals surface area contributed by atoms with E-state index in [-0.39, 0.29) is 0 Å². The number of benzene rings is 1. The lowest BCUT2D eigenvalue weighted by Gasteiger charge is -2.36. The smallest absolute Gasteiger partial charge is 0.168 e. The lowest BCUT2D eigenvalue weighted by atomic mass is 10.3. The maximum atomic E-state index is 6.43. The van der Waals surface area contributed by atoms with Crippen LogP contribution in [0.2, 0.25) is 0 Å². The summed E-state index contributed by atoms with van der Waals surface area (Å²) < 4.78 is 10.1. The van der Waals surface area contributed by atoms with Gasteiger partial charge in [-0.1, -0.05) is 36.1 Å². The van der Waals surface area contributed by atoms with E-state index in [0.29, 0.717) is 0 Å². The summed E-state index contributed by atoms with van der Waals surface area (Å²) in [5.41, 5.74) is 2.67. The molecule has 0 saturated heterocycles. The van der Waals surface area contributed by atoms with E-state index in [1.54, 1.807) is 11.3 Å². The Morgan fingerprint density at radius 3 is 2.48 bits per heavy atom. The molecule has 5 rings (SSSR count). The van der Waals surface area contributed by atoms with Crippen molar-refractivity contribution in [1.29, 1.82) is 0 Å². The van der Waals surface area contributed by atoms with Crippen molar-refractivity contribution in [1.82, 2.24) is 14.5 Å². The molecule has 8 heteroatoms. The average Bonchev–Trinajstić information content (AvgIpc) is 3.46. The van der Waals surface area contributed by atoms with Crippen LogP contribution in [0.1, 0.15) is 16.3 Å². The molecule has 4 aromatic rings. The van der Waals surface area contributed by atoms with Crippen molar-refractivity contribution < 1.29 is 4.42 Å². The third-order valence-electron chi connectivity index (χ3n) is 5.02. The number of amidine groups is 1. The third kappa shape index (κ3) is 2.76. The molecule has 5 nitrogen and oxygen atoms in total. The van der Waals surface area contributed by atoms with Crippen LogP contribution in [-0.2, 0) is 11.8 Å². The summed E-state index contributed by atoms with van der Waals surface area (Å²) in [5.74, 6) is 2.52. The highest BCUT2D eigenvalue weighted by Gasteiger charge is 2.42. The molecule has 1 atom stereocenters. The van der Waals surface area contributed by atoms with Crippen LogP contribution in [0, 0.1) is 13.8 Å². The number of para-hydroxylation sites is 1. The fraction of sp³-hybridized carbons (Fsp3) is 0.143. The number of aromatic nitrogens is 2. The summed E-state index contributed by atoms with van der Waals surface area (Å²) in [4.78, 5) is 6.14. The first-order valence-electron chi connectivity index (χ1n) is 9.19. The Balaban J connectivity index is 1.84. The Morgan fingerprint density at radius 2 is 1.83 bits per heavy atom. The van der Waals surface area contributed by atoms with Crippen molar-refractivity contribution in [2.45, 2.75) is 13.8 Å². The number of aliphatic imine (C=N–C) groups is 1. The van der Waals surface area contributed by atoms with E-state index in [0.717, 1.165) is 44.5 Å². The van der Waals surface area contributed by atoms with E-state index in [1.807, 2.05) is 74.1 Å². The fourth-order valence-electron chi connectivity index (χ4n) is 3.63.